The van der Waals surface area contributed by atoms with Crippen LogP contribution >= 0.6 is 0 Å². The third-order valence-corrected chi connectivity index (χ3v) is 2.98. The van der Waals surface area contributed by atoms with Crippen molar-refractivity contribution in [3.8, 4) is 0 Å². The fraction of sp³-hybridized carbons (Fsp3) is 0.625. The Morgan fingerprint density at radius 3 is 2.56 bits per heavy atom. The second-order valence-corrected chi connectivity index (χ2v) is 5.26. The average molecular weight is 250 g/mol. The van der Waals surface area contributed by atoms with Gasteiger partial charge in [0, 0.05) is 13.2 Å². The summed E-state index contributed by atoms with van der Waals surface area (Å²) >= 11 is 0. The molecule has 0 aliphatic rings. The van der Waals surface area contributed by atoms with Crippen LogP contribution < -0.4 is 0 Å². The van der Waals surface area contributed by atoms with E-state index in [0.717, 1.165) is 25.9 Å². The third kappa shape index (κ3) is 5.65. The van der Waals surface area contributed by atoms with Gasteiger partial charge in [-0.1, -0.05) is 45.0 Å². The van der Waals surface area contributed by atoms with Crippen molar-refractivity contribution in [2.45, 2.75) is 46.1 Å². The molecule has 0 aliphatic carbocycles. The van der Waals surface area contributed by atoms with Crippen LogP contribution in [0.2, 0.25) is 0 Å². The fourth-order valence-corrected chi connectivity index (χ4v) is 1.95. The molecule has 1 rings (SSSR count). The molecule has 2 heteroatoms. The lowest BCUT2D eigenvalue weighted by Gasteiger charge is -2.18. The summed E-state index contributed by atoms with van der Waals surface area (Å²) in [4.78, 5) is 0. The molecule has 18 heavy (non-hydrogen) atoms. The number of hydrogen-bond donors (Lipinski definition) is 1. The van der Waals surface area contributed by atoms with Crippen LogP contribution in [0.15, 0.2) is 24.3 Å². The maximum atomic E-state index is 8.96. The monoisotopic (exact) mass is 250 g/mol. The third-order valence-electron chi connectivity index (χ3n) is 2.98. The lowest BCUT2D eigenvalue weighted by Crippen LogP contribution is -2.18. The van der Waals surface area contributed by atoms with E-state index in [1.54, 1.807) is 0 Å². The molecule has 0 saturated heterocycles. The van der Waals surface area contributed by atoms with Gasteiger partial charge in [0.2, 0.25) is 0 Å². The summed E-state index contributed by atoms with van der Waals surface area (Å²) in [5.74, 6) is 0.583. The van der Waals surface area contributed by atoms with E-state index in [1.807, 2.05) is 0 Å². The molecule has 0 spiro atoms. The molecule has 0 bridgehead atoms. The van der Waals surface area contributed by atoms with Crippen LogP contribution in [0, 0.1) is 5.92 Å². The van der Waals surface area contributed by atoms with E-state index in [9.17, 15) is 0 Å². The van der Waals surface area contributed by atoms with Crippen molar-refractivity contribution in [1.29, 1.82) is 0 Å². The summed E-state index contributed by atoms with van der Waals surface area (Å²) in [5, 5.41) is 8.96. The van der Waals surface area contributed by atoms with Crippen molar-refractivity contribution < 1.29 is 9.84 Å². The lowest BCUT2D eigenvalue weighted by molar-refractivity contribution is 0.0340. The van der Waals surface area contributed by atoms with E-state index >= 15 is 0 Å². The van der Waals surface area contributed by atoms with E-state index in [-0.39, 0.29) is 6.61 Å². The van der Waals surface area contributed by atoms with Gasteiger partial charge in [0.1, 0.15) is 0 Å². The zero-order chi connectivity index (χ0) is 13.4. The van der Waals surface area contributed by atoms with Crippen molar-refractivity contribution in [2.75, 3.05) is 13.2 Å². The molecule has 0 fully saturated rings. The molecular formula is C16H26O2. The molecule has 1 aromatic carbocycles. The standard InChI is InChI=1S/C16H26O2/c1-4-16(18-12-13(2)3)11-15-7-5-6-14(10-15)8-9-17/h5-7,10,13,16-17H,4,8-9,11-12H2,1-3H3. The summed E-state index contributed by atoms with van der Waals surface area (Å²) in [6.07, 6.45) is 3.04. The van der Waals surface area contributed by atoms with E-state index < -0.39 is 0 Å². The zero-order valence-corrected chi connectivity index (χ0v) is 11.9. The maximum absolute atomic E-state index is 8.96. The highest BCUT2D eigenvalue weighted by Gasteiger charge is 2.09. The topological polar surface area (TPSA) is 29.5 Å². The molecule has 1 N–H and O–H groups in total. The quantitative estimate of drug-likeness (QED) is 0.767. The number of hydrogen-bond acceptors (Lipinski definition) is 2. The number of ether oxygens (including phenoxy) is 1. The Morgan fingerprint density at radius 1 is 1.22 bits per heavy atom. The Kier molecular flexibility index (Phi) is 6.99. The highest BCUT2D eigenvalue weighted by molar-refractivity contribution is 5.24. The van der Waals surface area contributed by atoms with Crippen LogP contribution in [0.25, 0.3) is 0 Å². The Morgan fingerprint density at radius 2 is 1.94 bits per heavy atom. The predicted octanol–water partition coefficient (Wildman–Crippen LogP) is 3.22. The van der Waals surface area contributed by atoms with Crippen molar-refractivity contribution in [2.24, 2.45) is 5.92 Å². The van der Waals surface area contributed by atoms with Gasteiger partial charge in [0.15, 0.2) is 0 Å². The normalized spacial score (nSPS) is 12.9. The van der Waals surface area contributed by atoms with Gasteiger partial charge in [0.05, 0.1) is 6.10 Å². The first-order valence-electron chi connectivity index (χ1n) is 6.96. The molecule has 1 aromatic rings. The van der Waals surface area contributed by atoms with Crippen LogP contribution in [0.5, 0.6) is 0 Å². The first-order valence-corrected chi connectivity index (χ1v) is 6.96. The molecule has 0 heterocycles. The summed E-state index contributed by atoms with van der Waals surface area (Å²) in [7, 11) is 0. The minimum absolute atomic E-state index is 0.213. The van der Waals surface area contributed by atoms with Crippen molar-refractivity contribution >= 4 is 0 Å². The van der Waals surface area contributed by atoms with Crippen LogP contribution in [-0.2, 0) is 17.6 Å². The maximum Gasteiger partial charge on any atom is 0.0612 e. The SMILES string of the molecule is CCC(Cc1cccc(CCO)c1)OCC(C)C. The van der Waals surface area contributed by atoms with Crippen LogP contribution in [-0.4, -0.2) is 24.4 Å². The molecule has 102 valence electrons. The van der Waals surface area contributed by atoms with Gasteiger partial charge in [-0.05, 0) is 36.3 Å². The van der Waals surface area contributed by atoms with Gasteiger partial charge in [-0.25, -0.2) is 0 Å². The summed E-state index contributed by atoms with van der Waals surface area (Å²) in [5.41, 5.74) is 2.50. The fourth-order valence-electron chi connectivity index (χ4n) is 1.95. The largest absolute Gasteiger partial charge is 0.396 e. The minimum atomic E-state index is 0.213. The van der Waals surface area contributed by atoms with Gasteiger partial charge in [-0.2, -0.15) is 0 Å². The van der Waals surface area contributed by atoms with Crippen molar-refractivity contribution in [3.63, 3.8) is 0 Å². The van der Waals surface area contributed by atoms with Crippen LogP contribution in [0.4, 0.5) is 0 Å². The molecule has 0 aromatic heterocycles. The van der Waals surface area contributed by atoms with E-state index in [2.05, 4.69) is 45.0 Å². The van der Waals surface area contributed by atoms with Gasteiger partial charge >= 0.3 is 0 Å². The Bertz CT molecular complexity index is 334. The first kappa shape index (κ1) is 15.2. The summed E-state index contributed by atoms with van der Waals surface area (Å²) in [6.45, 7) is 7.56. The molecule has 2 nitrogen and oxygen atoms in total. The lowest BCUT2D eigenvalue weighted by atomic mass is 10.0. The van der Waals surface area contributed by atoms with E-state index in [4.69, 9.17) is 9.84 Å². The second-order valence-electron chi connectivity index (χ2n) is 5.26. The minimum Gasteiger partial charge on any atom is -0.396 e. The molecule has 1 unspecified atom stereocenters. The smallest absolute Gasteiger partial charge is 0.0612 e. The van der Waals surface area contributed by atoms with Crippen molar-refractivity contribution in [1.82, 2.24) is 0 Å². The Labute approximate surface area is 111 Å². The summed E-state index contributed by atoms with van der Waals surface area (Å²) < 4.78 is 5.91. The Hall–Kier alpha value is -0.860. The van der Waals surface area contributed by atoms with Gasteiger partial charge in [-0.3, -0.25) is 0 Å². The molecule has 0 saturated carbocycles. The van der Waals surface area contributed by atoms with Crippen LogP contribution in [0.1, 0.15) is 38.3 Å². The zero-order valence-electron chi connectivity index (χ0n) is 11.9. The van der Waals surface area contributed by atoms with Gasteiger partial charge in [-0.15, -0.1) is 0 Å². The highest BCUT2D eigenvalue weighted by Crippen LogP contribution is 2.13. The predicted molar refractivity (Wildman–Crippen MR) is 75.8 cm³/mol. The average Bonchev–Trinajstić information content (AvgIpc) is 2.35. The van der Waals surface area contributed by atoms with Crippen LogP contribution in [0.3, 0.4) is 0 Å². The number of benzene rings is 1. The molecule has 0 aliphatic heterocycles. The molecular weight excluding hydrogens is 224 g/mol. The Balaban J connectivity index is 2.55. The van der Waals surface area contributed by atoms with Gasteiger partial charge < -0.3 is 9.84 Å². The van der Waals surface area contributed by atoms with Gasteiger partial charge in [0.25, 0.3) is 0 Å². The number of aliphatic hydroxyl groups excluding tert-OH is 1. The van der Waals surface area contributed by atoms with E-state index in [1.165, 1.54) is 11.1 Å². The molecule has 1 atom stereocenters. The van der Waals surface area contributed by atoms with E-state index in [0.29, 0.717) is 12.0 Å². The molecule has 0 radical (unpaired) electrons. The number of rotatable bonds is 8. The van der Waals surface area contributed by atoms with Crippen molar-refractivity contribution in [3.05, 3.63) is 35.4 Å². The number of aliphatic hydroxyl groups is 1. The molecule has 0 amide bonds. The summed E-state index contributed by atoms with van der Waals surface area (Å²) in [6, 6.07) is 8.45. The first-order chi connectivity index (χ1) is 8.65. The highest BCUT2D eigenvalue weighted by atomic mass is 16.5. The second kappa shape index (κ2) is 8.28.